The van der Waals surface area contributed by atoms with E-state index in [9.17, 15) is 4.79 Å². The van der Waals surface area contributed by atoms with Gasteiger partial charge in [-0.1, -0.05) is 0 Å². The van der Waals surface area contributed by atoms with Crippen LogP contribution < -0.4 is 5.32 Å². The van der Waals surface area contributed by atoms with Gasteiger partial charge in [-0.25, -0.2) is 4.98 Å². The molecule has 0 radical (unpaired) electrons. The third kappa shape index (κ3) is 2.11. The third-order valence-corrected chi connectivity index (χ3v) is 3.31. The monoisotopic (exact) mass is 242 g/mol. The molecule has 0 aromatic carbocycles. The van der Waals surface area contributed by atoms with E-state index in [1.54, 1.807) is 30.9 Å². The van der Waals surface area contributed by atoms with Crippen molar-refractivity contribution in [1.29, 1.82) is 0 Å². The van der Waals surface area contributed by atoms with E-state index in [0.717, 1.165) is 36.3 Å². The topological polar surface area (TPSA) is 70.7 Å². The van der Waals surface area contributed by atoms with Crippen LogP contribution in [0.1, 0.15) is 17.8 Å². The van der Waals surface area contributed by atoms with Crippen LogP contribution in [0.3, 0.4) is 0 Å². The van der Waals surface area contributed by atoms with E-state index in [0.29, 0.717) is 0 Å². The smallest absolute Gasteiger partial charge is 0.227 e. The summed E-state index contributed by atoms with van der Waals surface area (Å²) < 4.78 is 0. The molecule has 1 atom stereocenters. The van der Waals surface area contributed by atoms with Crippen LogP contribution in [-0.2, 0) is 17.6 Å². The number of carbonyl (C=O) groups is 1. The number of hydrogen-bond donors (Lipinski definition) is 2. The quantitative estimate of drug-likeness (QED) is 0.839. The zero-order chi connectivity index (χ0) is 12.4. The SMILES string of the molecule is O=C(Nc1ccncc1)[C@H]1CCc2nc[nH]c2C1. The fraction of sp³-hybridized carbons (Fsp3) is 0.308. The summed E-state index contributed by atoms with van der Waals surface area (Å²) in [4.78, 5) is 23.4. The number of imidazole rings is 1. The van der Waals surface area contributed by atoms with Crippen molar-refractivity contribution in [2.45, 2.75) is 19.3 Å². The molecule has 0 spiro atoms. The second kappa shape index (κ2) is 4.60. The van der Waals surface area contributed by atoms with Crippen molar-refractivity contribution in [1.82, 2.24) is 15.0 Å². The van der Waals surface area contributed by atoms with Crippen LogP contribution in [0.5, 0.6) is 0 Å². The van der Waals surface area contributed by atoms with Crippen LogP contribution in [-0.4, -0.2) is 20.9 Å². The normalized spacial score (nSPS) is 18.1. The molecule has 0 aliphatic heterocycles. The molecule has 1 aliphatic rings. The van der Waals surface area contributed by atoms with Gasteiger partial charge in [-0.3, -0.25) is 9.78 Å². The first-order chi connectivity index (χ1) is 8.83. The van der Waals surface area contributed by atoms with Gasteiger partial charge in [0.15, 0.2) is 0 Å². The molecule has 2 heterocycles. The number of aryl methyl sites for hydroxylation is 1. The standard InChI is InChI=1S/C13H14N4O/c18-13(17-10-3-5-14-6-4-10)9-1-2-11-12(7-9)16-8-15-11/h3-6,8-9H,1-2,7H2,(H,15,16)(H,14,17,18)/t9-/m0/s1. The first kappa shape index (κ1) is 11.0. The molecule has 0 fully saturated rings. The summed E-state index contributed by atoms with van der Waals surface area (Å²) in [6.45, 7) is 0. The number of fused-ring (bicyclic) bond motifs is 1. The molecule has 1 amide bonds. The maximum absolute atomic E-state index is 12.1. The molecule has 0 bridgehead atoms. The molecule has 0 saturated heterocycles. The highest BCUT2D eigenvalue weighted by Crippen LogP contribution is 2.23. The number of hydrogen-bond acceptors (Lipinski definition) is 3. The molecule has 3 rings (SSSR count). The van der Waals surface area contributed by atoms with Crippen LogP contribution in [0.2, 0.25) is 0 Å². The molecule has 92 valence electrons. The lowest BCUT2D eigenvalue weighted by Crippen LogP contribution is -2.28. The highest BCUT2D eigenvalue weighted by molar-refractivity contribution is 5.92. The highest BCUT2D eigenvalue weighted by atomic mass is 16.1. The first-order valence-corrected chi connectivity index (χ1v) is 6.05. The molecule has 0 saturated carbocycles. The Hall–Kier alpha value is -2.17. The Morgan fingerprint density at radius 3 is 3.06 bits per heavy atom. The van der Waals surface area contributed by atoms with E-state index in [1.807, 2.05) is 0 Å². The molecule has 5 heteroatoms. The van der Waals surface area contributed by atoms with Gasteiger partial charge in [0.25, 0.3) is 0 Å². The van der Waals surface area contributed by atoms with Crippen molar-refractivity contribution >= 4 is 11.6 Å². The minimum Gasteiger partial charge on any atom is -0.348 e. The van der Waals surface area contributed by atoms with Gasteiger partial charge in [-0.15, -0.1) is 0 Å². The summed E-state index contributed by atoms with van der Waals surface area (Å²) in [5.74, 6) is 0.0903. The average molecular weight is 242 g/mol. The Morgan fingerprint density at radius 2 is 2.22 bits per heavy atom. The molecule has 1 aliphatic carbocycles. The second-order valence-electron chi connectivity index (χ2n) is 4.49. The van der Waals surface area contributed by atoms with Crippen molar-refractivity contribution in [3.05, 3.63) is 42.2 Å². The number of nitrogens with one attached hydrogen (secondary N) is 2. The lowest BCUT2D eigenvalue weighted by Gasteiger charge is -2.20. The number of rotatable bonds is 2. The lowest BCUT2D eigenvalue weighted by molar-refractivity contribution is -0.120. The summed E-state index contributed by atoms with van der Waals surface area (Å²) in [7, 11) is 0. The molecular formula is C13H14N4O. The van der Waals surface area contributed by atoms with E-state index in [-0.39, 0.29) is 11.8 Å². The van der Waals surface area contributed by atoms with Gasteiger partial charge in [0, 0.05) is 36.1 Å². The highest BCUT2D eigenvalue weighted by Gasteiger charge is 2.26. The minimum atomic E-state index is 0.0196. The van der Waals surface area contributed by atoms with Crippen LogP contribution in [0.25, 0.3) is 0 Å². The van der Waals surface area contributed by atoms with E-state index in [4.69, 9.17) is 0 Å². The number of carbonyl (C=O) groups excluding carboxylic acids is 1. The van der Waals surface area contributed by atoms with Gasteiger partial charge in [-0.05, 0) is 25.0 Å². The van der Waals surface area contributed by atoms with Crippen molar-refractivity contribution in [2.75, 3.05) is 5.32 Å². The van der Waals surface area contributed by atoms with Crippen molar-refractivity contribution in [2.24, 2.45) is 5.92 Å². The fourth-order valence-corrected chi connectivity index (χ4v) is 2.30. The van der Waals surface area contributed by atoms with Crippen molar-refractivity contribution < 1.29 is 4.79 Å². The van der Waals surface area contributed by atoms with Gasteiger partial charge < -0.3 is 10.3 Å². The lowest BCUT2D eigenvalue weighted by atomic mass is 9.89. The first-order valence-electron chi connectivity index (χ1n) is 6.05. The summed E-state index contributed by atoms with van der Waals surface area (Å²) in [6, 6.07) is 3.59. The van der Waals surface area contributed by atoms with E-state index >= 15 is 0 Å². The number of H-pyrrole nitrogens is 1. The van der Waals surface area contributed by atoms with Gasteiger partial charge in [0.1, 0.15) is 0 Å². The minimum absolute atomic E-state index is 0.0196. The summed E-state index contributed by atoms with van der Waals surface area (Å²) in [6.07, 6.45) is 7.51. The number of anilines is 1. The Labute approximate surface area is 105 Å². The number of aromatic nitrogens is 3. The second-order valence-corrected chi connectivity index (χ2v) is 4.49. The van der Waals surface area contributed by atoms with Gasteiger partial charge in [0.05, 0.1) is 12.0 Å². The molecule has 2 aromatic heterocycles. The van der Waals surface area contributed by atoms with Crippen molar-refractivity contribution in [3.8, 4) is 0 Å². The zero-order valence-corrected chi connectivity index (χ0v) is 9.89. The maximum atomic E-state index is 12.1. The number of aromatic amines is 1. The van der Waals surface area contributed by atoms with Crippen LogP contribution in [0.4, 0.5) is 5.69 Å². The third-order valence-electron chi connectivity index (χ3n) is 3.31. The van der Waals surface area contributed by atoms with E-state index in [2.05, 4.69) is 20.3 Å². The molecule has 2 aromatic rings. The molecule has 2 N–H and O–H groups in total. The Kier molecular flexibility index (Phi) is 2.80. The van der Waals surface area contributed by atoms with Gasteiger partial charge in [0.2, 0.25) is 5.91 Å². The zero-order valence-electron chi connectivity index (χ0n) is 9.89. The Balaban J connectivity index is 1.68. The van der Waals surface area contributed by atoms with E-state index in [1.165, 1.54) is 0 Å². The number of nitrogens with zero attached hydrogens (tertiary/aromatic N) is 2. The predicted molar refractivity (Wildman–Crippen MR) is 67.0 cm³/mol. The Bertz CT molecular complexity index is 549. The van der Waals surface area contributed by atoms with E-state index < -0.39 is 0 Å². The summed E-state index contributed by atoms with van der Waals surface area (Å²) in [5, 5.41) is 2.92. The van der Waals surface area contributed by atoms with Gasteiger partial charge in [-0.2, -0.15) is 0 Å². The predicted octanol–water partition coefficient (Wildman–Crippen LogP) is 1.55. The van der Waals surface area contributed by atoms with Crippen LogP contribution in [0, 0.1) is 5.92 Å². The summed E-state index contributed by atoms with van der Waals surface area (Å²) in [5.41, 5.74) is 2.99. The van der Waals surface area contributed by atoms with Gasteiger partial charge >= 0.3 is 0 Å². The maximum Gasteiger partial charge on any atom is 0.227 e. The molecule has 0 unspecified atom stereocenters. The number of pyridine rings is 1. The largest absolute Gasteiger partial charge is 0.348 e. The molecular weight excluding hydrogens is 228 g/mol. The summed E-state index contributed by atoms with van der Waals surface area (Å²) >= 11 is 0. The number of amides is 1. The van der Waals surface area contributed by atoms with Crippen LogP contribution in [0.15, 0.2) is 30.9 Å². The fourth-order valence-electron chi connectivity index (χ4n) is 2.30. The van der Waals surface area contributed by atoms with Crippen LogP contribution >= 0.6 is 0 Å². The molecule has 18 heavy (non-hydrogen) atoms. The molecule has 5 nitrogen and oxygen atoms in total. The van der Waals surface area contributed by atoms with Crippen molar-refractivity contribution in [3.63, 3.8) is 0 Å². The Morgan fingerprint density at radius 1 is 1.39 bits per heavy atom. The average Bonchev–Trinajstić information content (AvgIpc) is 2.87.